The van der Waals surface area contributed by atoms with Crippen LogP contribution in [-0.4, -0.2) is 26.1 Å². The SMILES string of the molecule is COc1cc(C)ccc1CNC(=O)C(C)C1CNC1. The Balaban J connectivity index is 1.92. The number of carbonyl (C=O) groups excluding carboxylic acids is 1. The smallest absolute Gasteiger partial charge is 0.223 e. The molecule has 1 fully saturated rings. The number of benzene rings is 1. The lowest BCUT2D eigenvalue weighted by atomic mass is 9.88. The van der Waals surface area contributed by atoms with Crippen molar-refractivity contribution >= 4 is 5.91 Å². The van der Waals surface area contributed by atoms with Crippen LogP contribution in [0, 0.1) is 18.8 Å². The Morgan fingerprint density at radius 2 is 2.26 bits per heavy atom. The monoisotopic (exact) mass is 262 g/mol. The van der Waals surface area contributed by atoms with Crippen LogP contribution in [0.15, 0.2) is 18.2 Å². The van der Waals surface area contributed by atoms with Crippen molar-refractivity contribution in [1.29, 1.82) is 0 Å². The molecule has 2 rings (SSSR count). The van der Waals surface area contributed by atoms with Gasteiger partial charge in [0.25, 0.3) is 0 Å². The summed E-state index contributed by atoms with van der Waals surface area (Å²) in [6, 6.07) is 6.02. The van der Waals surface area contributed by atoms with Crippen molar-refractivity contribution in [3.63, 3.8) is 0 Å². The van der Waals surface area contributed by atoms with Crippen LogP contribution in [0.1, 0.15) is 18.1 Å². The Morgan fingerprint density at radius 3 is 2.84 bits per heavy atom. The topological polar surface area (TPSA) is 50.4 Å². The molecule has 1 aromatic rings. The molecule has 1 saturated heterocycles. The van der Waals surface area contributed by atoms with Crippen LogP contribution in [0.3, 0.4) is 0 Å². The van der Waals surface area contributed by atoms with Crippen LogP contribution in [0.25, 0.3) is 0 Å². The number of carbonyl (C=O) groups is 1. The van der Waals surface area contributed by atoms with Crippen LogP contribution in [-0.2, 0) is 11.3 Å². The lowest BCUT2D eigenvalue weighted by Gasteiger charge is -2.31. The molecule has 0 spiro atoms. The first kappa shape index (κ1) is 13.9. The van der Waals surface area contributed by atoms with Gasteiger partial charge in [-0.2, -0.15) is 0 Å². The van der Waals surface area contributed by atoms with Crippen molar-refractivity contribution < 1.29 is 9.53 Å². The zero-order valence-corrected chi connectivity index (χ0v) is 11.8. The van der Waals surface area contributed by atoms with Crippen molar-refractivity contribution in [2.45, 2.75) is 20.4 Å². The van der Waals surface area contributed by atoms with Crippen LogP contribution in [0.2, 0.25) is 0 Å². The fraction of sp³-hybridized carbons (Fsp3) is 0.533. The van der Waals surface area contributed by atoms with E-state index in [1.165, 1.54) is 0 Å². The van der Waals surface area contributed by atoms with Gasteiger partial charge in [0, 0.05) is 18.0 Å². The summed E-state index contributed by atoms with van der Waals surface area (Å²) >= 11 is 0. The van der Waals surface area contributed by atoms with E-state index in [0.717, 1.165) is 30.0 Å². The van der Waals surface area contributed by atoms with E-state index in [4.69, 9.17) is 4.74 Å². The average molecular weight is 262 g/mol. The summed E-state index contributed by atoms with van der Waals surface area (Å²) in [5, 5.41) is 6.19. The van der Waals surface area contributed by atoms with Gasteiger partial charge < -0.3 is 15.4 Å². The molecule has 1 unspecified atom stereocenters. The van der Waals surface area contributed by atoms with Crippen molar-refractivity contribution in [2.75, 3.05) is 20.2 Å². The average Bonchev–Trinajstić information content (AvgIpc) is 2.34. The largest absolute Gasteiger partial charge is 0.496 e. The van der Waals surface area contributed by atoms with Gasteiger partial charge in [-0.3, -0.25) is 4.79 Å². The molecule has 1 amide bonds. The van der Waals surface area contributed by atoms with E-state index in [1.807, 2.05) is 32.0 Å². The predicted molar refractivity (Wildman–Crippen MR) is 75.1 cm³/mol. The molecule has 0 bridgehead atoms. The third-order valence-corrected chi connectivity index (χ3v) is 3.83. The second-order valence-electron chi connectivity index (χ2n) is 5.24. The molecule has 2 N–H and O–H groups in total. The normalized spacial score (nSPS) is 16.6. The number of hydrogen-bond acceptors (Lipinski definition) is 3. The lowest BCUT2D eigenvalue weighted by molar-refractivity contribution is -0.126. The van der Waals surface area contributed by atoms with Crippen LogP contribution < -0.4 is 15.4 Å². The number of amides is 1. The first-order chi connectivity index (χ1) is 9.11. The van der Waals surface area contributed by atoms with E-state index in [2.05, 4.69) is 10.6 Å². The van der Waals surface area contributed by atoms with Gasteiger partial charge in [-0.1, -0.05) is 19.1 Å². The first-order valence-corrected chi connectivity index (χ1v) is 6.73. The van der Waals surface area contributed by atoms with Crippen LogP contribution in [0.5, 0.6) is 5.75 Å². The molecule has 19 heavy (non-hydrogen) atoms. The van der Waals surface area contributed by atoms with Gasteiger partial charge in [-0.25, -0.2) is 0 Å². The lowest BCUT2D eigenvalue weighted by Crippen LogP contribution is -2.49. The number of aryl methyl sites for hydroxylation is 1. The van der Waals surface area contributed by atoms with E-state index in [9.17, 15) is 4.79 Å². The van der Waals surface area contributed by atoms with E-state index in [0.29, 0.717) is 12.5 Å². The number of rotatable bonds is 5. The molecule has 1 aliphatic heterocycles. The minimum absolute atomic E-state index is 0.0673. The van der Waals surface area contributed by atoms with Gasteiger partial charge >= 0.3 is 0 Å². The van der Waals surface area contributed by atoms with Crippen molar-refractivity contribution in [3.8, 4) is 5.75 Å². The minimum atomic E-state index is 0.0673. The molecule has 104 valence electrons. The molecule has 1 aliphatic rings. The summed E-state index contributed by atoms with van der Waals surface area (Å²) in [6.07, 6.45) is 0. The van der Waals surface area contributed by atoms with Crippen LogP contribution in [0.4, 0.5) is 0 Å². The molecule has 1 heterocycles. The maximum Gasteiger partial charge on any atom is 0.223 e. The summed E-state index contributed by atoms with van der Waals surface area (Å²) in [4.78, 5) is 12.0. The maximum absolute atomic E-state index is 12.0. The van der Waals surface area contributed by atoms with Gasteiger partial charge in [-0.15, -0.1) is 0 Å². The van der Waals surface area contributed by atoms with Gasteiger partial charge in [0.1, 0.15) is 5.75 Å². The Morgan fingerprint density at radius 1 is 1.53 bits per heavy atom. The maximum atomic E-state index is 12.0. The number of nitrogens with one attached hydrogen (secondary N) is 2. The molecular weight excluding hydrogens is 240 g/mol. The van der Waals surface area contributed by atoms with Gasteiger partial charge in [-0.05, 0) is 37.6 Å². The Labute approximate surface area is 114 Å². The highest BCUT2D eigenvalue weighted by Crippen LogP contribution is 2.20. The molecule has 4 nitrogen and oxygen atoms in total. The highest BCUT2D eigenvalue weighted by atomic mass is 16.5. The highest BCUT2D eigenvalue weighted by Gasteiger charge is 2.28. The standard InChI is InChI=1S/C15H22N2O2/c1-10-4-5-12(14(6-10)19-3)9-17-15(18)11(2)13-7-16-8-13/h4-6,11,13,16H,7-9H2,1-3H3,(H,17,18). The quantitative estimate of drug-likeness (QED) is 0.845. The van der Waals surface area contributed by atoms with E-state index >= 15 is 0 Å². The molecule has 0 aromatic heterocycles. The zero-order chi connectivity index (χ0) is 13.8. The highest BCUT2D eigenvalue weighted by molar-refractivity contribution is 5.78. The van der Waals surface area contributed by atoms with E-state index in [-0.39, 0.29) is 11.8 Å². The minimum Gasteiger partial charge on any atom is -0.496 e. The fourth-order valence-corrected chi connectivity index (χ4v) is 2.22. The van der Waals surface area contributed by atoms with E-state index in [1.54, 1.807) is 7.11 Å². The molecule has 4 heteroatoms. The van der Waals surface area contributed by atoms with Gasteiger partial charge in [0.2, 0.25) is 5.91 Å². The van der Waals surface area contributed by atoms with Gasteiger partial charge in [0.05, 0.1) is 7.11 Å². The summed E-state index contributed by atoms with van der Waals surface area (Å²) in [5.74, 6) is 1.49. The molecular formula is C15H22N2O2. The molecule has 0 saturated carbocycles. The molecule has 0 radical (unpaired) electrons. The second-order valence-corrected chi connectivity index (χ2v) is 5.24. The Kier molecular flexibility index (Phi) is 4.43. The zero-order valence-electron chi connectivity index (χ0n) is 11.8. The van der Waals surface area contributed by atoms with Crippen molar-refractivity contribution in [1.82, 2.24) is 10.6 Å². The number of methoxy groups -OCH3 is 1. The first-order valence-electron chi connectivity index (χ1n) is 6.73. The second kappa shape index (κ2) is 6.06. The molecule has 0 aliphatic carbocycles. The molecule has 1 aromatic carbocycles. The van der Waals surface area contributed by atoms with Gasteiger partial charge in [0.15, 0.2) is 0 Å². The summed E-state index contributed by atoms with van der Waals surface area (Å²) in [7, 11) is 1.66. The summed E-state index contributed by atoms with van der Waals surface area (Å²) in [6.45, 7) is 6.43. The summed E-state index contributed by atoms with van der Waals surface area (Å²) < 4.78 is 5.34. The fourth-order valence-electron chi connectivity index (χ4n) is 2.22. The van der Waals surface area contributed by atoms with Crippen molar-refractivity contribution in [3.05, 3.63) is 29.3 Å². The predicted octanol–water partition coefficient (Wildman–Crippen LogP) is 1.48. The van der Waals surface area contributed by atoms with Crippen LogP contribution >= 0.6 is 0 Å². The third-order valence-electron chi connectivity index (χ3n) is 3.83. The van der Waals surface area contributed by atoms with Crippen molar-refractivity contribution in [2.24, 2.45) is 11.8 Å². The van der Waals surface area contributed by atoms with E-state index < -0.39 is 0 Å². The third kappa shape index (κ3) is 3.26. The number of ether oxygens (including phenoxy) is 1. The number of hydrogen-bond donors (Lipinski definition) is 2. The summed E-state index contributed by atoms with van der Waals surface area (Å²) in [5.41, 5.74) is 2.17. The Bertz CT molecular complexity index is 455. The Hall–Kier alpha value is -1.55. The molecule has 1 atom stereocenters.